The zero-order valence-electron chi connectivity index (χ0n) is 10.7. The molecule has 0 bridgehead atoms. The molecule has 0 radical (unpaired) electrons. The number of carbonyl (C=O) groups excluding carboxylic acids is 1. The van der Waals surface area contributed by atoms with Crippen molar-refractivity contribution in [2.75, 3.05) is 11.1 Å². The fourth-order valence-corrected chi connectivity index (χ4v) is 1.86. The Kier molecular flexibility index (Phi) is 3.82. The molecule has 4 nitrogen and oxygen atoms in total. The quantitative estimate of drug-likeness (QED) is 0.738. The fraction of sp³-hybridized carbons (Fsp3) is 0.133. The third-order valence-electron chi connectivity index (χ3n) is 2.94. The highest BCUT2D eigenvalue weighted by Gasteiger charge is 2.10. The number of aryl methyl sites for hydroxylation is 1. The summed E-state index contributed by atoms with van der Waals surface area (Å²) in [5.74, 6) is -0.219. The molecule has 98 valence electrons. The molecule has 0 aromatic heterocycles. The molecule has 0 unspecified atom stereocenters. The smallest absolute Gasteiger partial charge is 0.255 e. The number of amides is 1. The summed E-state index contributed by atoms with van der Waals surface area (Å²) in [7, 11) is 0. The number of benzene rings is 2. The minimum Gasteiger partial charge on any atom is -0.399 e. The Morgan fingerprint density at radius 2 is 1.89 bits per heavy atom. The molecular weight excluding hydrogens is 240 g/mol. The summed E-state index contributed by atoms with van der Waals surface area (Å²) < 4.78 is 0. The number of para-hydroxylation sites is 1. The van der Waals surface area contributed by atoms with Crippen LogP contribution in [0.25, 0.3) is 0 Å². The van der Waals surface area contributed by atoms with E-state index < -0.39 is 0 Å². The van der Waals surface area contributed by atoms with Crippen molar-refractivity contribution in [1.82, 2.24) is 0 Å². The largest absolute Gasteiger partial charge is 0.399 e. The van der Waals surface area contributed by atoms with Crippen LogP contribution >= 0.6 is 0 Å². The van der Waals surface area contributed by atoms with E-state index in [4.69, 9.17) is 5.73 Å². The van der Waals surface area contributed by atoms with Crippen LogP contribution in [-0.2, 0) is 6.61 Å². The number of nitrogens with one attached hydrogen (secondary N) is 1. The third-order valence-corrected chi connectivity index (χ3v) is 2.94. The van der Waals surface area contributed by atoms with Crippen LogP contribution in [0.2, 0.25) is 0 Å². The van der Waals surface area contributed by atoms with Crippen molar-refractivity contribution in [1.29, 1.82) is 0 Å². The Labute approximate surface area is 111 Å². The lowest BCUT2D eigenvalue weighted by Crippen LogP contribution is -2.14. The highest BCUT2D eigenvalue weighted by molar-refractivity contribution is 6.05. The first kappa shape index (κ1) is 13.1. The highest BCUT2D eigenvalue weighted by atomic mass is 16.3. The number of aliphatic hydroxyl groups excluding tert-OH is 1. The van der Waals surface area contributed by atoms with Gasteiger partial charge in [0.25, 0.3) is 5.91 Å². The van der Waals surface area contributed by atoms with E-state index in [-0.39, 0.29) is 12.5 Å². The van der Waals surface area contributed by atoms with Crippen LogP contribution in [0.4, 0.5) is 11.4 Å². The number of carbonyl (C=O) groups is 1. The first-order valence-electron chi connectivity index (χ1n) is 5.98. The molecule has 1 amide bonds. The van der Waals surface area contributed by atoms with Gasteiger partial charge in [-0.15, -0.1) is 0 Å². The summed E-state index contributed by atoms with van der Waals surface area (Å²) in [5.41, 5.74) is 9.00. The van der Waals surface area contributed by atoms with Gasteiger partial charge in [0.05, 0.1) is 6.61 Å². The second kappa shape index (κ2) is 5.54. The van der Waals surface area contributed by atoms with Gasteiger partial charge in [-0.25, -0.2) is 0 Å². The Morgan fingerprint density at radius 3 is 2.53 bits per heavy atom. The summed E-state index contributed by atoms with van der Waals surface area (Å²) in [5, 5.41) is 12.1. The van der Waals surface area contributed by atoms with Crippen LogP contribution in [0.5, 0.6) is 0 Å². The molecule has 0 aliphatic heterocycles. The first-order chi connectivity index (χ1) is 9.11. The predicted octanol–water partition coefficient (Wildman–Crippen LogP) is 2.32. The van der Waals surface area contributed by atoms with Crippen LogP contribution in [0.15, 0.2) is 42.5 Å². The van der Waals surface area contributed by atoms with Crippen molar-refractivity contribution < 1.29 is 9.90 Å². The minimum atomic E-state index is -0.219. The molecule has 0 aliphatic carbocycles. The molecule has 0 aliphatic rings. The van der Waals surface area contributed by atoms with Gasteiger partial charge < -0.3 is 16.2 Å². The second-order valence-corrected chi connectivity index (χ2v) is 4.34. The van der Waals surface area contributed by atoms with E-state index in [1.54, 1.807) is 30.3 Å². The number of nitrogen functional groups attached to an aromatic ring is 1. The number of nitrogens with two attached hydrogens (primary N) is 1. The molecule has 0 saturated carbocycles. The Balaban J connectivity index is 2.26. The molecule has 4 heteroatoms. The zero-order valence-corrected chi connectivity index (χ0v) is 10.7. The number of hydrogen-bond acceptors (Lipinski definition) is 3. The van der Waals surface area contributed by atoms with E-state index in [9.17, 15) is 9.90 Å². The first-order valence-corrected chi connectivity index (χ1v) is 5.98. The predicted molar refractivity (Wildman–Crippen MR) is 75.9 cm³/mol. The maximum Gasteiger partial charge on any atom is 0.255 e. The van der Waals surface area contributed by atoms with Crippen molar-refractivity contribution in [2.24, 2.45) is 0 Å². The molecule has 0 saturated heterocycles. The number of aliphatic hydroxyl groups is 1. The fourth-order valence-electron chi connectivity index (χ4n) is 1.86. The van der Waals surface area contributed by atoms with Crippen molar-refractivity contribution in [3.8, 4) is 0 Å². The van der Waals surface area contributed by atoms with Crippen LogP contribution in [0, 0.1) is 6.92 Å². The van der Waals surface area contributed by atoms with Crippen molar-refractivity contribution in [3.05, 3.63) is 59.2 Å². The van der Waals surface area contributed by atoms with E-state index in [0.29, 0.717) is 22.5 Å². The summed E-state index contributed by atoms with van der Waals surface area (Å²) >= 11 is 0. The van der Waals surface area contributed by atoms with E-state index >= 15 is 0 Å². The number of anilines is 2. The van der Waals surface area contributed by atoms with E-state index in [1.807, 2.05) is 19.1 Å². The molecule has 4 N–H and O–H groups in total. The van der Waals surface area contributed by atoms with E-state index in [2.05, 4.69) is 5.32 Å². The van der Waals surface area contributed by atoms with Crippen molar-refractivity contribution in [3.63, 3.8) is 0 Å². The highest BCUT2D eigenvalue weighted by Crippen LogP contribution is 2.21. The topological polar surface area (TPSA) is 75.3 Å². The lowest BCUT2D eigenvalue weighted by atomic mass is 10.1. The lowest BCUT2D eigenvalue weighted by molar-refractivity contribution is 0.102. The third kappa shape index (κ3) is 2.92. The standard InChI is InChI=1S/C15H16N2O2/c1-10-3-2-4-12(9-18)14(10)17-15(19)11-5-7-13(16)8-6-11/h2-8,18H,9,16H2,1H3,(H,17,19). The van der Waals surface area contributed by atoms with Gasteiger partial charge in [-0.2, -0.15) is 0 Å². The number of hydrogen-bond donors (Lipinski definition) is 3. The summed E-state index contributed by atoms with van der Waals surface area (Å²) in [6, 6.07) is 12.2. The Hall–Kier alpha value is -2.33. The molecule has 2 aromatic carbocycles. The van der Waals surface area contributed by atoms with Gasteiger partial charge in [0.1, 0.15) is 0 Å². The summed E-state index contributed by atoms with van der Waals surface area (Å²) in [6.07, 6.45) is 0. The van der Waals surface area contributed by atoms with Gasteiger partial charge in [-0.3, -0.25) is 4.79 Å². The molecule has 19 heavy (non-hydrogen) atoms. The summed E-state index contributed by atoms with van der Waals surface area (Å²) in [6.45, 7) is 1.77. The van der Waals surface area contributed by atoms with Gasteiger partial charge in [-0.1, -0.05) is 18.2 Å². The molecule has 0 spiro atoms. The van der Waals surface area contributed by atoms with Crippen molar-refractivity contribution >= 4 is 17.3 Å². The maximum atomic E-state index is 12.1. The monoisotopic (exact) mass is 256 g/mol. The maximum absolute atomic E-state index is 12.1. The van der Waals surface area contributed by atoms with Crippen LogP contribution in [0.3, 0.4) is 0 Å². The normalized spacial score (nSPS) is 10.2. The van der Waals surface area contributed by atoms with Crippen molar-refractivity contribution in [2.45, 2.75) is 13.5 Å². The van der Waals surface area contributed by atoms with Gasteiger partial charge >= 0.3 is 0 Å². The SMILES string of the molecule is Cc1cccc(CO)c1NC(=O)c1ccc(N)cc1. The van der Waals surface area contributed by atoms with E-state index in [0.717, 1.165) is 5.56 Å². The molecular formula is C15H16N2O2. The average molecular weight is 256 g/mol. The zero-order chi connectivity index (χ0) is 13.8. The van der Waals surface area contributed by atoms with Crippen LogP contribution in [-0.4, -0.2) is 11.0 Å². The Bertz CT molecular complexity index is 592. The molecule has 0 atom stereocenters. The van der Waals surface area contributed by atoms with Crippen LogP contribution < -0.4 is 11.1 Å². The number of rotatable bonds is 3. The molecule has 0 heterocycles. The van der Waals surface area contributed by atoms with E-state index in [1.165, 1.54) is 0 Å². The minimum absolute atomic E-state index is 0.112. The molecule has 2 aromatic rings. The van der Waals surface area contributed by atoms with Crippen LogP contribution in [0.1, 0.15) is 21.5 Å². The lowest BCUT2D eigenvalue weighted by Gasteiger charge is -2.12. The second-order valence-electron chi connectivity index (χ2n) is 4.34. The summed E-state index contributed by atoms with van der Waals surface area (Å²) in [4.78, 5) is 12.1. The molecule has 2 rings (SSSR count). The van der Waals surface area contributed by atoms with Gasteiger partial charge in [0.2, 0.25) is 0 Å². The van der Waals surface area contributed by atoms with Gasteiger partial charge in [0.15, 0.2) is 0 Å². The average Bonchev–Trinajstić information content (AvgIpc) is 2.41. The van der Waals surface area contributed by atoms with Gasteiger partial charge in [-0.05, 0) is 36.8 Å². The Morgan fingerprint density at radius 1 is 1.21 bits per heavy atom. The van der Waals surface area contributed by atoms with Gasteiger partial charge in [0, 0.05) is 22.5 Å². The molecule has 0 fully saturated rings.